The quantitative estimate of drug-likeness (QED) is 0.422. The Balaban J connectivity index is 1.92. The molecule has 3 aromatic rings. The highest BCUT2D eigenvalue weighted by molar-refractivity contribution is 5.70. The highest BCUT2D eigenvalue weighted by Crippen LogP contribution is 2.24. The van der Waals surface area contributed by atoms with E-state index in [-0.39, 0.29) is 5.56 Å². The Labute approximate surface area is 191 Å². The van der Waals surface area contributed by atoms with Gasteiger partial charge in [-0.25, -0.2) is 0 Å². The lowest BCUT2D eigenvalue weighted by atomic mass is 9.99. The zero-order valence-electron chi connectivity index (χ0n) is 19.5. The maximum Gasteiger partial charge on any atom is 0.255 e. The number of aryl methyl sites for hydroxylation is 1. The fraction of sp³-hybridized carbons (Fsp3) is 0.357. The topological polar surface area (TPSA) is 49.0 Å². The third-order valence-corrected chi connectivity index (χ3v) is 6.07. The zero-order chi connectivity index (χ0) is 22.9. The molecular formula is C28H33N3O. The fourth-order valence-corrected chi connectivity index (χ4v) is 4.02. The summed E-state index contributed by atoms with van der Waals surface area (Å²) in [6.45, 7) is 9.54. The van der Waals surface area contributed by atoms with E-state index in [0.29, 0.717) is 18.7 Å². The first-order valence-electron chi connectivity index (χ1n) is 11.6. The van der Waals surface area contributed by atoms with Crippen molar-refractivity contribution in [1.82, 2.24) is 9.47 Å². The summed E-state index contributed by atoms with van der Waals surface area (Å²) in [5.74, 6) is 0. The lowest BCUT2D eigenvalue weighted by Gasteiger charge is -2.20. The molecule has 0 amide bonds. The molecule has 3 rings (SSSR count). The van der Waals surface area contributed by atoms with E-state index in [4.69, 9.17) is 0 Å². The van der Waals surface area contributed by atoms with Gasteiger partial charge < -0.3 is 4.57 Å². The van der Waals surface area contributed by atoms with Crippen molar-refractivity contribution in [2.75, 3.05) is 13.1 Å². The second-order valence-corrected chi connectivity index (χ2v) is 8.16. The van der Waals surface area contributed by atoms with Crippen LogP contribution < -0.4 is 5.56 Å². The van der Waals surface area contributed by atoms with Crippen LogP contribution in [0.1, 0.15) is 56.0 Å². The summed E-state index contributed by atoms with van der Waals surface area (Å²) in [5, 5.41) is 9.39. The van der Waals surface area contributed by atoms with Crippen molar-refractivity contribution in [2.24, 2.45) is 0 Å². The number of pyridine rings is 1. The van der Waals surface area contributed by atoms with Crippen LogP contribution >= 0.6 is 0 Å². The Bertz CT molecular complexity index is 1120. The van der Waals surface area contributed by atoms with Crippen LogP contribution in [0.2, 0.25) is 0 Å². The molecule has 166 valence electrons. The van der Waals surface area contributed by atoms with Crippen LogP contribution in [-0.4, -0.2) is 22.6 Å². The van der Waals surface area contributed by atoms with Gasteiger partial charge in [-0.05, 0) is 54.8 Å². The van der Waals surface area contributed by atoms with Crippen molar-refractivity contribution in [2.45, 2.75) is 53.1 Å². The molecule has 0 saturated heterocycles. The summed E-state index contributed by atoms with van der Waals surface area (Å²) < 4.78 is 1.95. The van der Waals surface area contributed by atoms with Gasteiger partial charge in [-0.2, -0.15) is 5.26 Å². The Kier molecular flexibility index (Phi) is 8.41. The molecule has 0 saturated carbocycles. The number of aromatic nitrogens is 1. The average molecular weight is 428 g/mol. The minimum Gasteiger partial charge on any atom is -0.308 e. The van der Waals surface area contributed by atoms with Crippen LogP contribution in [0.25, 0.3) is 11.1 Å². The Morgan fingerprint density at radius 2 is 1.66 bits per heavy atom. The predicted molar refractivity (Wildman–Crippen MR) is 132 cm³/mol. The van der Waals surface area contributed by atoms with Crippen LogP contribution in [0.15, 0.2) is 65.5 Å². The third-order valence-electron chi connectivity index (χ3n) is 6.07. The number of hydrogen-bond acceptors (Lipinski definition) is 3. The summed E-state index contributed by atoms with van der Waals surface area (Å²) in [7, 11) is 0. The van der Waals surface area contributed by atoms with E-state index in [2.05, 4.69) is 49.9 Å². The fourth-order valence-electron chi connectivity index (χ4n) is 4.02. The summed E-state index contributed by atoms with van der Waals surface area (Å²) in [5.41, 5.74) is 5.77. The first-order valence-corrected chi connectivity index (χ1v) is 11.6. The highest BCUT2D eigenvalue weighted by Gasteiger charge is 2.12. The number of benzene rings is 2. The molecule has 0 aliphatic heterocycles. The maximum absolute atomic E-state index is 13.4. The summed E-state index contributed by atoms with van der Waals surface area (Å²) >= 11 is 0. The zero-order valence-corrected chi connectivity index (χ0v) is 19.5. The van der Waals surface area contributed by atoms with Gasteiger partial charge in [0, 0.05) is 17.8 Å². The van der Waals surface area contributed by atoms with Gasteiger partial charge in [0.25, 0.3) is 5.56 Å². The van der Waals surface area contributed by atoms with E-state index in [1.165, 1.54) is 0 Å². The molecule has 2 aromatic carbocycles. The molecule has 1 aromatic heterocycles. The van der Waals surface area contributed by atoms with Crippen molar-refractivity contribution in [1.29, 1.82) is 5.26 Å². The SMILES string of the molecule is CCCCc1ccc(CN(CC)CC)c(=O)n1Cc1ccc(-c2ccccc2C#N)cc1. The lowest BCUT2D eigenvalue weighted by Crippen LogP contribution is -2.31. The molecule has 0 atom stereocenters. The van der Waals surface area contributed by atoms with Crippen LogP contribution in [0.3, 0.4) is 0 Å². The van der Waals surface area contributed by atoms with E-state index in [0.717, 1.165) is 60.3 Å². The van der Waals surface area contributed by atoms with E-state index in [9.17, 15) is 10.1 Å². The maximum atomic E-state index is 13.4. The second-order valence-electron chi connectivity index (χ2n) is 8.16. The number of unbranched alkanes of at least 4 members (excludes halogenated alkanes) is 1. The first-order chi connectivity index (χ1) is 15.6. The molecule has 32 heavy (non-hydrogen) atoms. The van der Waals surface area contributed by atoms with Gasteiger partial charge in [-0.1, -0.05) is 75.7 Å². The second kappa shape index (κ2) is 11.5. The van der Waals surface area contributed by atoms with E-state index >= 15 is 0 Å². The molecule has 4 nitrogen and oxygen atoms in total. The van der Waals surface area contributed by atoms with Gasteiger partial charge in [0.15, 0.2) is 0 Å². The molecular weight excluding hydrogens is 394 g/mol. The minimum absolute atomic E-state index is 0.115. The van der Waals surface area contributed by atoms with Gasteiger partial charge in [0.1, 0.15) is 0 Å². The normalized spacial score (nSPS) is 11.0. The summed E-state index contributed by atoms with van der Waals surface area (Å²) in [6, 6.07) is 22.3. The molecule has 0 N–H and O–H groups in total. The van der Waals surface area contributed by atoms with E-state index in [1.54, 1.807) is 0 Å². The number of hydrogen-bond donors (Lipinski definition) is 0. The third kappa shape index (κ3) is 5.55. The van der Waals surface area contributed by atoms with Gasteiger partial charge >= 0.3 is 0 Å². The van der Waals surface area contributed by atoms with Crippen LogP contribution in [-0.2, 0) is 19.5 Å². The van der Waals surface area contributed by atoms with Crippen LogP contribution in [0, 0.1) is 11.3 Å². The van der Waals surface area contributed by atoms with Gasteiger partial charge in [-0.3, -0.25) is 9.69 Å². The van der Waals surface area contributed by atoms with Gasteiger partial charge in [-0.15, -0.1) is 0 Å². The highest BCUT2D eigenvalue weighted by atomic mass is 16.1. The standard InChI is InChI=1S/C28H33N3O/c1-4-7-11-26-18-17-25(21-30(5-2)6-3)28(32)31(26)20-22-13-15-23(16-14-22)27-12-9-8-10-24(27)19-29/h8-10,12-18H,4-7,11,20-21H2,1-3H3. The van der Waals surface area contributed by atoms with E-state index < -0.39 is 0 Å². The van der Waals surface area contributed by atoms with E-state index in [1.807, 2.05) is 47.0 Å². The molecule has 1 heterocycles. The molecule has 0 aliphatic rings. The monoisotopic (exact) mass is 427 g/mol. The lowest BCUT2D eigenvalue weighted by molar-refractivity contribution is 0.294. The molecule has 0 spiro atoms. The Hall–Kier alpha value is -3.16. The van der Waals surface area contributed by atoms with Crippen molar-refractivity contribution in [3.63, 3.8) is 0 Å². The van der Waals surface area contributed by atoms with Gasteiger partial charge in [0.2, 0.25) is 0 Å². The molecule has 0 fully saturated rings. The molecule has 4 heteroatoms. The molecule has 0 radical (unpaired) electrons. The molecule has 0 aliphatic carbocycles. The van der Waals surface area contributed by atoms with Crippen LogP contribution in [0.4, 0.5) is 0 Å². The largest absolute Gasteiger partial charge is 0.308 e. The van der Waals surface area contributed by atoms with Crippen molar-refractivity contribution in [3.8, 4) is 17.2 Å². The van der Waals surface area contributed by atoms with Gasteiger partial charge in [0.05, 0.1) is 18.2 Å². The van der Waals surface area contributed by atoms with Crippen molar-refractivity contribution < 1.29 is 0 Å². The number of nitriles is 1. The first kappa shape index (κ1) is 23.5. The summed E-state index contributed by atoms with van der Waals surface area (Å²) in [6.07, 6.45) is 3.08. The minimum atomic E-state index is 0.115. The van der Waals surface area contributed by atoms with Crippen molar-refractivity contribution >= 4 is 0 Å². The van der Waals surface area contributed by atoms with Crippen molar-refractivity contribution in [3.05, 3.63) is 93.4 Å². The molecule has 0 bridgehead atoms. The number of nitrogens with zero attached hydrogens (tertiary/aromatic N) is 3. The number of rotatable bonds is 10. The van der Waals surface area contributed by atoms with Crippen LogP contribution in [0.5, 0.6) is 0 Å². The Morgan fingerprint density at radius 3 is 2.31 bits per heavy atom. The summed E-state index contributed by atoms with van der Waals surface area (Å²) in [4.78, 5) is 15.7. The smallest absolute Gasteiger partial charge is 0.255 e. The molecule has 0 unspecified atom stereocenters. The predicted octanol–water partition coefficient (Wildman–Crippen LogP) is 5.62. The Morgan fingerprint density at radius 1 is 0.938 bits per heavy atom. The average Bonchev–Trinajstić information content (AvgIpc) is 2.84.